The first-order valence-corrected chi connectivity index (χ1v) is 8.28. The van der Waals surface area contributed by atoms with E-state index in [1.165, 1.54) is 5.69 Å². The largest absolute Gasteiger partial charge is 0.369 e. The van der Waals surface area contributed by atoms with Crippen LogP contribution in [0.4, 0.5) is 5.82 Å². The summed E-state index contributed by atoms with van der Waals surface area (Å²) >= 11 is 1.65. The summed E-state index contributed by atoms with van der Waals surface area (Å²) in [6.07, 6.45) is 3.71. The summed E-state index contributed by atoms with van der Waals surface area (Å²) in [6.45, 7) is 5.53. The van der Waals surface area contributed by atoms with E-state index in [9.17, 15) is 4.79 Å². The number of primary amides is 1. The topological polar surface area (TPSA) is 75.7 Å². The highest BCUT2D eigenvalue weighted by molar-refractivity contribution is 7.15. The van der Waals surface area contributed by atoms with Crippen molar-refractivity contribution in [1.29, 1.82) is 0 Å². The number of nitrogens with zero attached hydrogens (tertiary/aromatic N) is 3. The summed E-state index contributed by atoms with van der Waals surface area (Å²) in [5.74, 6) is 0.890. The summed E-state index contributed by atoms with van der Waals surface area (Å²) in [5, 5.41) is 5.44. The standard InChI is InChI=1S/C14H21N5OS/c1-2-16-9-11-13(17-14-19(11)7-8-21-14)18-5-3-10(4-6-18)12(15)20/h7-8,10,16H,2-6,9H2,1H3,(H2,15,20). The van der Waals surface area contributed by atoms with Crippen LogP contribution in [0.3, 0.4) is 0 Å². The Balaban J connectivity index is 1.83. The van der Waals surface area contributed by atoms with Crippen molar-refractivity contribution in [2.24, 2.45) is 11.7 Å². The lowest BCUT2D eigenvalue weighted by Crippen LogP contribution is -2.39. The zero-order valence-corrected chi connectivity index (χ0v) is 13.0. The fraction of sp³-hybridized carbons (Fsp3) is 0.571. The van der Waals surface area contributed by atoms with Crippen molar-refractivity contribution in [3.8, 4) is 0 Å². The molecule has 0 atom stereocenters. The van der Waals surface area contributed by atoms with E-state index in [4.69, 9.17) is 10.7 Å². The summed E-state index contributed by atoms with van der Waals surface area (Å²) < 4.78 is 2.16. The second-order valence-electron chi connectivity index (χ2n) is 5.38. The molecule has 21 heavy (non-hydrogen) atoms. The Labute approximate surface area is 127 Å². The number of piperidine rings is 1. The molecular formula is C14H21N5OS. The summed E-state index contributed by atoms with van der Waals surface area (Å²) in [6, 6.07) is 0. The molecule has 0 saturated carbocycles. The monoisotopic (exact) mass is 307 g/mol. The van der Waals surface area contributed by atoms with Gasteiger partial charge in [-0.1, -0.05) is 6.92 Å². The van der Waals surface area contributed by atoms with Crippen LogP contribution in [0.1, 0.15) is 25.5 Å². The van der Waals surface area contributed by atoms with E-state index in [-0.39, 0.29) is 11.8 Å². The van der Waals surface area contributed by atoms with Crippen LogP contribution in [0.2, 0.25) is 0 Å². The molecule has 1 saturated heterocycles. The maximum atomic E-state index is 11.3. The number of anilines is 1. The summed E-state index contributed by atoms with van der Waals surface area (Å²) in [4.78, 5) is 19.4. The lowest BCUT2D eigenvalue weighted by molar-refractivity contribution is -0.122. The molecule has 114 valence electrons. The molecule has 1 aliphatic heterocycles. The molecule has 1 aliphatic rings. The third-order valence-electron chi connectivity index (χ3n) is 4.08. The molecule has 0 aromatic carbocycles. The number of fused-ring (bicyclic) bond motifs is 1. The van der Waals surface area contributed by atoms with Gasteiger partial charge in [-0.3, -0.25) is 9.20 Å². The quantitative estimate of drug-likeness (QED) is 0.870. The van der Waals surface area contributed by atoms with Crippen LogP contribution in [-0.4, -0.2) is 34.9 Å². The van der Waals surface area contributed by atoms with Gasteiger partial charge in [0.05, 0.1) is 5.69 Å². The van der Waals surface area contributed by atoms with Gasteiger partial charge < -0.3 is 16.0 Å². The van der Waals surface area contributed by atoms with Crippen LogP contribution in [0.25, 0.3) is 4.96 Å². The number of carbonyl (C=O) groups is 1. The molecule has 7 heteroatoms. The molecule has 0 radical (unpaired) electrons. The third-order valence-corrected chi connectivity index (χ3v) is 4.84. The van der Waals surface area contributed by atoms with Crippen molar-refractivity contribution in [3.05, 3.63) is 17.3 Å². The average molecular weight is 307 g/mol. The maximum absolute atomic E-state index is 11.3. The minimum absolute atomic E-state index is 0.0159. The van der Waals surface area contributed by atoms with Crippen molar-refractivity contribution in [2.75, 3.05) is 24.5 Å². The molecule has 2 aromatic rings. The van der Waals surface area contributed by atoms with Gasteiger partial charge >= 0.3 is 0 Å². The predicted octanol–water partition coefficient (Wildman–Crippen LogP) is 1.21. The molecule has 0 aliphatic carbocycles. The Morgan fingerprint density at radius 2 is 2.29 bits per heavy atom. The molecule has 0 spiro atoms. The second-order valence-corrected chi connectivity index (χ2v) is 6.25. The Hall–Kier alpha value is -1.60. The number of hydrogen-bond donors (Lipinski definition) is 2. The van der Waals surface area contributed by atoms with E-state index in [2.05, 4.69) is 33.1 Å². The number of nitrogens with two attached hydrogens (primary N) is 1. The normalized spacial score (nSPS) is 16.7. The lowest BCUT2D eigenvalue weighted by atomic mass is 9.96. The summed E-state index contributed by atoms with van der Waals surface area (Å²) in [7, 11) is 0. The first-order valence-electron chi connectivity index (χ1n) is 7.40. The molecule has 6 nitrogen and oxygen atoms in total. The van der Waals surface area contributed by atoms with Crippen LogP contribution in [0.5, 0.6) is 0 Å². The molecule has 1 amide bonds. The predicted molar refractivity (Wildman–Crippen MR) is 84.6 cm³/mol. The van der Waals surface area contributed by atoms with E-state index in [1.807, 2.05) is 0 Å². The van der Waals surface area contributed by atoms with Crippen LogP contribution in [0, 0.1) is 5.92 Å². The summed E-state index contributed by atoms with van der Waals surface area (Å²) in [5.41, 5.74) is 6.61. The number of hydrogen-bond acceptors (Lipinski definition) is 5. The van der Waals surface area contributed by atoms with Gasteiger partial charge in [0, 0.05) is 37.1 Å². The van der Waals surface area contributed by atoms with Gasteiger partial charge in [0.25, 0.3) is 0 Å². The van der Waals surface area contributed by atoms with Crippen molar-refractivity contribution >= 4 is 28.0 Å². The number of nitrogens with one attached hydrogen (secondary N) is 1. The van der Waals surface area contributed by atoms with Crippen LogP contribution >= 0.6 is 11.3 Å². The van der Waals surface area contributed by atoms with Crippen LogP contribution < -0.4 is 16.0 Å². The first kappa shape index (κ1) is 14.3. The molecule has 3 rings (SSSR count). The van der Waals surface area contributed by atoms with Crippen LogP contribution in [-0.2, 0) is 11.3 Å². The van der Waals surface area contributed by atoms with E-state index < -0.39 is 0 Å². The van der Waals surface area contributed by atoms with Gasteiger partial charge in [-0.05, 0) is 19.4 Å². The fourth-order valence-electron chi connectivity index (χ4n) is 2.86. The molecule has 3 heterocycles. The van der Waals surface area contributed by atoms with Gasteiger partial charge in [0.1, 0.15) is 0 Å². The molecule has 2 aromatic heterocycles. The zero-order valence-electron chi connectivity index (χ0n) is 12.2. The highest BCUT2D eigenvalue weighted by atomic mass is 32.1. The number of aromatic nitrogens is 2. The SMILES string of the molecule is CCNCc1c(N2CCC(C(N)=O)CC2)nc2sccn12. The Morgan fingerprint density at radius 1 is 1.52 bits per heavy atom. The van der Waals surface area contributed by atoms with Crippen molar-refractivity contribution in [2.45, 2.75) is 26.3 Å². The number of carbonyl (C=O) groups excluding carboxylic acids is 1. The number of imidazole rings is 1. The first-order chi connectivity index (χ1) is 10.2. The van der Waals surface area contributed by atoms with E-state index in [0.717, 1.165) is 49.8 Å². The average Bonchev–Trinajstić information content (AvgIpc) is 3.06. The van der Waals surface area contributed by atoms with Gasteiger partial charge in [0.2, 0.25) is 5.91 Å². The minimum atomic E-state index is -0.173. The maximum Gasteiger partial charge on any atom is 0.220 e. The Bertz CT molecular complexity index is 626. The van der Waals surface area contributed by atoms with E-state index in [0.29, 0.717) is 0 Å². The highest BCUT2D eigenvalue weighted by Gasteiger charge is 2.26. The van der Waals surface area contributed by atoms with Gasteiger partial charge in [-0.15, -0.1) is 11.3 Å². The Morgan fingerprint density at radius 3 is 2.95 bits per heavy atom. The molecule has 3 N–H and O–H groups in total. The van der Waals surface area contributed by atoms with E-state index in [1.54, 1.807) is 11.3 Å². The van der Waals surface area contributed by atoms with Gasteiger partial charge in [0.15, 0.2) is 10.8 Å². The zero-order chi connectivity index (χ0) is 14.8. The van der Waals surface area contributed by atoms with E-state index >= 15 is 0 Å². The molecule has 0 unspecified atom stereocenters. The van der Waals surface area contributed by atoms with Gasteiger partial charge in [-0.2, -0.15) is 0 Å². The smallest absolute Gasteiger partial charge is 0.220 e. The van der Waals surface area contributed by atoms with Crippen molar-refractivity contribution in [3.63, 3.8) is 0 Å². The van der Waals surface area contributed by atoms with Crippen LogP contribution in [0.15, 0.2) is 11.6 Å². The van der Waals surface area contributed by atoms with Gasteiger partial charge in [-0.25, -0.2) is 4.98 Å². The fourth-order valence-corrected chi connectivity index (χ4v) is 3.59. The lowest BCUT2D eigenvalue weighted by Gasteiger charge is -2.31. The Kier molecular flexibility index (Phi) is 4.12. The van der Waals surface area contributed by atoms with Crippen molar-refractivity contribution in [1.82, 2.24) is 14.7 Å². The number of thiazole rings is 1. The molecule has 0 bridgehead atoms. The highest BCUT2D eigenvalue weighted by Crippen LogP contribution is 2.28. The minimum Gasteiger partial charge on any atom is -0.369 e. The third kappa shape index (κ3) is 2.75. The molecular weight excluding hydrogens is 286 g/mol. The number of amides is 1. The van der Waals surface area contributed by atoms with Crippen molar-refractivity contribution < 1.29 is 4.79 Å². The number of rotatable bonds is 5. The second kappa shape index (κ2) is 6.03. The molecule has 1 fully saturated rings.